The quantitative estimate of drug-likeness (QED) is 0.0140. The number of nitrogens with two attached hydrogens (primary N) is 4. The molecular formula is C101H198Cl3N15O15S. The van der Waals surface area contributed by atoms with E-state index in [1.165, 1.54) is 353 Å². The number of carbonyl (C=O) groups excluding carboxylic acids is 8. The third-order valence-electron chi connectivity index (χ3n) is 34.1. The minimum absolute atomic E-state index is 0. The van der Waals surface area contributed by atoms with Gasteiger partial charge in [-0.25, -0.2) is 37.8 Å². The van der Waals surface area contributed by atoms with E-state index in [1.54, 1.807) is 0 Å². The van der Waals surface area contributed by atoms with Crippen molar-refractivity contribution in [3.05, 3.63) is 0 Å². The third kappa shape index (κ3) is 47.4. The molecule has 0 aromatic carbocycles. The standard InChI is InChI=1S/C11H22N2.C11H20N2.2C11H19NO.2C11H18O.C10H16N2O2.C10H20N2.C10H14O3.CH2O2.4CH4.3ClH.2H2N2.H3NO4S.2H2/c2*12-13-10-4-8-11(9-5-10)6-2-1-3-7-11;2*13-10-4-7-11(8-9-12-10)5-2-1-3-6-11;2*12-10-4-8-11(9-5-10)6-2-1-3-7-11;11-12-8(13)6-10(7-9(12)14)4-2-1-3-5-10;11-12-8-6-10(7-9-12)4-2-1-3-5-10;11-8-6-10(7-9(12)13-8)4-2-1-3-5-10;2-1-3;;;;;;;;2*1-2;1-5-6(2,3)4;;/h10,13H,1-9,12H2;1-9,12H2;2*1-9H2,(H,12,13);2*1-9H2;1-7,11H2;1-9,11H2;1-7H2;1H,(H,2,3);4*1H4;3*1H;2*1-2H;1H2,(H,2,3,4);2*1H. The molecule has 4 amide bonds. The molecule has 794 valence electrons. The number of hydrazine groups is 1. The molecule has 0 atom stereocenters. The molecule has 5 saturated heterocycles. The molecular weight excluding hydrogens is 1800 g/mol. The van der Waals surface area contributed by atoms with Gasteiger partial charge in [-0.1, -0.05) is 203 Å². The maximum atomic E-state index is 11.5. The van der Waals surface area contributed by atoms with Crippen molar-refractivity contribution in [3.8, 4) is 0 Å². The maximum Gasteiger partial charge on any atom is 0.413 e. The highest BCUT2D eigenvalue weighted by atomic mass is 35.5. The molecule has 5 aliphatic heterocycles. The van der Waals surface area contributed by atoms with Gasteiger partial charge in [0.05, 0.1) is 31.8 Å². The van der Waals surface area contributed by atoms with Crippen LogP contribution < -0.4 is 82.5 Å². The van der Waals surface area contributed by atoms with E-state index in [4.69, 9.17) is 48.3 Å². The normalized spacial score (nSPS) is 25.4. The van der Waals surface area contributed by atoms with Crippen molar-refractivity contribution < 1.29 is 127 Å². The fourth-order valence-electron chi connectivity index (χ4n) is 25.8. The van der Waals surface area contributed by atoms with Crippen LogP contribution in [0, 0.1) is 70.9 Å². The van der Waals surface area contributed by atoms with E-state index in [0.29, 0.717) is 76.3 Å². The molecule has 5 heterocycles. The Labute approximate surface area is 837 Å². The summed E-state index contributed by atoms with van der Waals surface area (Å²) in [4.78, 5) is 98.1. The van der Waals surface area contributed by atoms with Gasteiger partial charge >= 0.3 is 28.2 Å². The number of hydrogen-bond donors (Lipinski definition) is 14. The molecule has 9 spiro atoms. The molecule has 13 aliphatic carbocycles. The Morgan fingerprint density at radius 3 is 0.993 bits per heavy atom. The first-order valence-electron chi connectivity index (χ1n) is 50.8. The number of hydrazone groups is 1. The summed E-state index contributed by atoms with van der Waals surface area (Å²) in [6, 6.07) is 0.715. The summed E-state index contributed by atoms with van der Waals surface area (Å²) in [7, 11) is -4.38. The fourth-order valence-corrected chi connectivity index (χ4v) is 25.8. The zero-order valence-electron chi connectivity index (χ0n) is 80.4. The van der Waals surface area contributed by atoms with E-state index in [0.717, 1.165) is 138 Å². The molecule has 13 saturated carbocycles. The SMILES string of the molecule is C.C.C.C.N=N.N=N.NN1C(=O)CC2(CCCCC2)CC1=O.NN=C1CCC2(CCCCC2)CC1.NOS(=O)(=O)O.O=C1CC2(CCCCC2)CC(=O)O1.O=C1CCC2(CCCCC2)CC1.O=C1CCC2(CCCCC2)CC1.O=C1CCC2(CCCCC2)CCN1.O=C1CCC2(CCCCC2)CC[NH2+]1.O=CO.[Cl-].[Cl-].[Cl-].[HH].[HH].[NH3+]N1CCC2(CCCCC2)CC1.[NH3+]NC1CCC2(CCCCC2)CC1. The Kier molecular flexibility index (Phi) is 68.0. The maximum absolute atomic E-state index is 11.5. The van der Waals surface area contributed by atoms with Crippen LogP contribution in [0.1, 0.15) is 501 Å². The van der Waals surface area contributed by atoms with Crippen LogP contribution >= 0.6 is 0 Å². The van der Waals surface area contributed by atoms with Crippen LogP contribution in [0.2, 0.25) is 0 Å². The van der Waals surface area contributed by atoms with Crippen LogP contribution in [-0.2, 0) is 62.6 Å². The minimum Gasteiger partial charge on any atom is -1.00 e. The van der Waals surface area contributed by atoms with Crippen molar-refractivity contribution in [2.24, 2.45) is 71.4 Å². The van der Waals surface area contributed by atoms with E-state index in [9.17, 15) is 46.8 Å². The number of primary amides is 1. The average Bonchev–Trinajstić information content (AvgIpc) is 1.14. The van der Waals surface area contributed by atoms with Gasteiger partial charge < -0.3 is 58.2 Å². The summed E-state index contributed by atoms with van der Waals surface area (Å²) in [5.41, 5.74) is 28.9. The second-order valence-electron chi connectivity index (χ2n) is 42.6. The Morgan fingerprint density at radius 1 is 0.430 bits per heavy atom. The zero-order valence-corrected chi connectivity index (χ0v) is 83.5. The lowest BCUT2D eigenvalue weighted by Gasteiger charge is -2.42. The van der Waals surface area contributed by atoms with Crippen molar-refractivity contribution in [3.63, 3.8) is 0 Å². The Bertz CT molecular complexity index is 3300. The van der Waals surface area contributed by atoms with E-state index >= 15 is 0 Å². The molecule has 18 fully saturated rings. The van der Waals surface area contributed by atoms with E-state index in [2.05, 4.69) is 47.5 Å². The lowest BCUT2D eigenvalue weighted by Crippen LogP contribution is -3.00. The molecule has 22 N–H and O–H groups in total. The summed E-state index contributed by atoms with van der Waals surface area (Å²) in [6.45, 7) is 4.18. The number of halogens is 3. The second-order valence-corrected chi connectivity index (χ2v) is 43.6. The Morgan fingerprint density at radius 2 is 0.689 bits per heavy atom. The van der Waals surface area contributed by atoms with Crippen molar-refractivity contribution in [1.82, 2.24) is 20.8 Å². The number of carbonyl (C=O) groups is 9. The topological polar surface area (TPSA) is 535 Å². The smallest absolute Gasteiger partial charge is 0.413 e. The number of hydrogen-bond acceptors (Lipinski definition) is 23. The average molecular weight is 2000 g/mol. The lowest BCUT2D eigenvalue weighted by molar-refractivity contribution is -0.579. The molecule has 30 nitrogen and oxygen atoms in total. The summed E-state index contributed by atoms with van der Waals surface area (Å²) in [5, 5.41) is 18.7. The predicted molar refractivity (Wildman–Crippen MR) is 524 cm³/mol. The monoisotopic (exact) mass is 2000 g/mol. The molecule has 0 aromatic heterocycles. The van der Waals surface area contributed by atoms with Crippen molar-refractivity contribution >= 4 is 69.7 Å². The first-order valence-corrected chi connectivity index (χ1v) is 52.2. The van der Waals surface area contributed by atoms with Gasteiger partial charge in [0.15, 0.2) is 0 Å². The number of quaternary nitrogens is 3. The molecule has 18 aliphatic rings. The summed E-state index contributed by atoms with van der Waals surface area (Å²) >= 11 is 0. The molecule has 18 rings (SSSR count). The summed E-state index contributed by atoms with van der Waals surface area (Å²) < 4.78 is 33.4. The number of nitrogens with zero attached hydrogens (tertiary/aromatic N) is 3. The number of nitrogens with one attached hydrogen (secondary N) is 6. The second kappa shape index (κ2) is 69.3. The fraction of sp³-hybridized carbons (Fsp3) is 0.901. The highest BCUT2D eigenvalue weighted by Gasteiger charge is 2.46. The summed E-state index contributed by atoms with van der Waals surface area (Å²) in [5.74, 6) is 23.0. The van der Waals surface area contributed by atoms with E-state index in [-0.39, 0.29) is 117 Å². The number of ketones is 2. The van der Waals surface area contributed by atoms with Crippen molar-refractivity contribution in [2.75, 3.05) is 26.2 Å². The first-order chi connectivity index (χ1) is 61.5. The van der Waals surface area contributed by atoms with Gasteiger partial charge in [-0.15, -0.1) is 0 Å². The first kappa shape index (κ1) is 132. The lowest BCUT2D eigenvalue weighted by atomic mass is 9.64. The molecule has 0 bridgehead atoms. The minimum atomic E-state index is -4.38. The van der Waals surface area contributed by atoms with E-state index < -0.39 is 10.4 Å². The van der Waals surface area contributed by atoms with Crippen LogP contribution in [0.5, 0.6) is 0 Å². The van der Waals surface area contributed by atoms with E-state index in [1.807, 2.05) is 5.32 Å². The van der Waals surface area contributed by atoms with Crippen LogP contribution in [-0.4, -0.2) is 120 Å². The molecule has 0 radical (unpaired) electrons. The van der Waals surface area contributed by atoms with Gasteiger partial charge in [-0.05, 0) is 273 Å². The molecule has 34 heteroatoms. The van der Waals surface area contributed by atoms with Gasteiger partial charge in [-0.3, -0.25) is 59.9 Å². The number of esters is 2. The van der Waals surface area contributed by atoms with Gasteiger partial charge in [0.2, 0.25) is 17.7 Å². The van der Waals surface area contributed by atoms with Crippen LogP contribution in [0.4, 0.5) is 0 Å². The highest BCUT2D eigenvalue weighted by Crippen LogP contribution is 2.53. The van der Waals surface area contributed by atoms with Crippen LogP contribution in [0.15, 0.2) is 5.10 Å². The van der Waals surface area contributed by atoms with Crippen molar-refractivity contribution in [2.45, 2.75) is 504 Å². The number of ether oxygens (including phenoxy) is 1. The van der Waals surface area contributed by atoms with Crippen molar-refractivity contribution in [1.29, 1.82) is 22.1 Å². The van der Waals surface area contributed by atoms with Gasteiger partial charge in [0.1, 0.15) is 11.6 Å². The van der Waals surface area contributed by atoms with Gasteiger partial charge in [0, 0.05) is 79.6 Å². The van der Waals surface area contributed by atoms with Gasteiger partial charge in [-0.2, -0.15) is 34.1 Å². The summed E-state index contributed by atoms with van der Waals surface area (Å²) in [6.07, 6.45) is 91.4. The molecule has 0 unspecified atom stereocenters. The van der Waals surface area contributed by atoms with Crippen LogP contribution in [0.3, 0.4) is 0 Å². The third-order valence-corrected chi connectivity index (χ3v) is 34.3. The number of amides is 4. The number of rotatable bonds is 2. The number of carboxylic acid groups (broad SMARTS) is 1. The van der Waals surface area contributed by atoms with Crippen LogP contribution in [0.25, 0.3) is 0 Å². The number of piperidine rings is 2. The Balaban J connectivity index is -0.000000709. The highest BCUT2D eigenvalue weighted by molar-refractivity contribution is 7.80. The largest absolute Gasteiger partial charge is 1.00 e. The number of imide groups is 1. The number of Topliss-reactive ketones (excluding diaryl/α,β-unsaturated/α-hetero) is 2. The zero-order chi connectivity index (χ0) is 93.3. The molecule has 0 aromatic rings. The molecule has 135 heavy (non-hydrogen) atoms. The predicted octanol–water partition coefficient (Wildman–Crippen LogP) is 11.6. The Hall–Kier alpha value is -4.64. The van der Waals surface area contributed by atoms with Gasteiger partial charge in [0.25, 0.3) is 6.47 Å². The number of cyclic esters (lactones) is 2.